The number of hydrogen-bond donors (Lipinski definition) is 1. The highest BCUT2D eigenvalue weighted by molar-refractivity contribution is 6.08. The van der Waals surface area contributed by atoms with Gasteiger partial charge in [0.05, 0.1) is 5.56 Å². The molecule has 0 aromatic heterocycles. The maximum absolute atomic E-state index is 12.2. The van der Waals surface area contributed by atoms with Gasteiger partial charge < -0.3 is 5.11 Å². The Hall–Kier alpha value is -2.35. The van der Waals surface area contributed by atoms with Crippen molar-refractivity contribution in [1.29, 1.82) is 0 Å². The van der Waals surface area contributed by atoms with Crippen LogP contribution in [0.15, 0.2) is 42.5 Å². The highest BCUT2D eigenvalue weighted by Gasteiger charge is 2.10. The Morgan fingerprint density at radius 2 is 1.64 bits per heavy atom. The molecule has 0 radical (unpaired) electrons. The van der Waals surface area contributed by atoms with E-state index < -0.39 is 0 Å². The molecule has 0 atom stereocenters. The molecule has 0 aliphatic rings. The van der Waals surface area contributed by atoms with E-state index in [9.17, 15) is 9.90 Å². The number of rotatable bonds is 4. The third-order valence-electron chi connectivity index (χ3n) is 3.91. The third kappa shape index (κ3) is 3.64. The van der Waals surface area contributed by atoms with Gasteiger partial charge in [0.1, 0.15) is 5.75 Å². The molecule has 22 heavy (non-hydrogen) atoms. The molecule has 0 spiro atoms. The number of allylic oxidation sites excluding steroid dienone is 1. The zero-order valence-electron chi connectivity index (χ0n) is 13.6. The summed E-state index contributed by atoms with van der Waals surface area (Å²) in [5.41, 5.74) is 4.56. The topological polar surface area (TPSA) is 37.3 Å². The molecule has 2 nitrogen and oxygen atoms in total. The Bertz CT molecular complexity index is 707. The minimum atomic E-state index is -0.187. The first-order valence-corrected chi connectivity index (χ1v) is 7.51. The highest BCUT2D eigenvalue weighted by atomic mass is 16.3. The lowest BCUT2D eigenvalue weighted by atomic mass is 10.00. The SMILES string of the molecule is Cc1cc(O)c(C(=O)/C=C/c2ccc(C(C)C)cc2)cc1C. The van der Waals surface area contributed by atoms with Crippen molar-refractivity contribution >= 4 is 11.9 Å². The number of benzene rings is 2. The zero-order valence-corrected chi connectivity index (χ0v) is 13.6. The molecule has 0 aliphatic carbocycles. The van der Waals surface area contributed by atoms with Gasteiger partial charge in [-0.25, -0.2) is 0 Å². The van der Waals surface area contributed by atoms with Crippen LogP contribution in [-0.4, -0.2) is 10.9 Å². The smallest absolute Gasteiger partial charge is 0.189 e. The van der Waals surface area contributed by atoms with Crippen molar-refractivity contribution in [1.82, 2.24) is 0 Å². The molecule has 2 rings (SSSR count). The van der Waals surface area contributed by atoms with E-state index in [2.05, 4.69) is 26.0 Å². The summed E-state index contributed by atoms with van der Waals surface area (Å²) < 4.78 is 0. The van der Waals surface area contributed by atoms with Crippen LogP contribution in [0.4, 0.5) is 0 Å². The van der Waals surface area contributed by atoms with Crippen LogP contribution in [0.25, 0.3) is 6.08 Å². The number of carbonyl (C=O) groups excluding carboxylic acids is 1. The van der Waals surface area contributed by atoms with Gasteiger partial charge in [-0.05, 0) is 60.2 Å². The lowest BCUT2D eigenvalue weighted by Gasteiger charge is -2.06. The molecular weight excluding hydrogens is 272 g/mol. The van der Waals surface area contributed by atoms with Crippen LogP contribution in [0, 0.1) is 13.8 Å². The largest absolute Gasteiger partial charge is 0.507 e. The fraction of sp³-hybridized carbons (Fsp3) is 0.250. The van der Waals surface area contributed by atoms with Gasteiger partial charge in [-0.2, -0.15) is 0 Å². The Kier molecular flexibility index (Phi) is 4.81. The molecule has 0 saturated carbocycles. The maximum atomic E-state index is 12.2. The first kappa shape index (κ1) is 16.0. The summed E-state index contributed by atoms with van der Waals surface area (Å²) in [4.78, 5) is 12.2. The van der Waals surface area contributed by atoms with Crippen molar-refractivity contribution in [2.75, 3.05) is 0 Å². The molecule has 0 heterocycles. The summed E-state index contributed by atoms with van der Waals surface area (Å²) in [5.74, 6) is 0.341. The summed E-state index contributed by atoms with van der Waals surface area (Å²) in [6.45, 7) is 8.14. The van der Waals surface area contributed by atoms with Crippen molar-refractivity contribution in [3.63, 3.8) is 0 Å². The van der Waals surface area contributed by atoms with Gasteiger partial charge in [0.15, 0.2) is 5.78 Å². The minimum Gasteiger partial charge on any atom is -0.507 e. The first-order valence-electron chi connectivity index (χ1n) is 7.51. The van der Waals surface area contributed by atoms with Gasteiger partial charge in [0.2, 0.25) is 0 Å². The summed E-state index contributed by atoms with van der Waals surface area (Å²) in [5, 5.41) is 9.93. The average molecular weight is 294 g/mol. The number of hydrogen-bond acceptors (Lipinski definition) is 2. The number of ketones is 1. The van der Waals surface area contributed by atoms with Crippen molar-refractivity contribution in [2.45, 2.75) is 33.6 Å². The van der Waals surface area contributed by atoms with Gasteiger partial charge in [0.25, 0.3) is 0 Å². The Morgan fingerprint density at radius 3 is 2.23 bits per heavy atom. The molecule has 0 saturated heterocycles. The van der Waals surface area contributed by atoms with Crippen molar-refractivity contribution in [3.05, 3.63) is 70.3 Å². The van der Waals surface area contributed by atoms with Crippen molar-refractivity contribution < 1.29 is 9.90 Å². The van der Waals surface area contributed by atoms with Gasteiger partial charge in [-0.15, -0.1) is 0 Å². The van der Waals surface area contributed by atoms with Gasteiger partial charge >= 0.3 is 0 Å². The van der Waals surface area contributed by atoms with E-state index in [-0.39, 0.29) is 11.5 Å². The minimum absolute atomic E-state index is 0.0351. The Morgan fingerprint density at radius 1 is 1.05 bits per heavy atom. The van der Waals surface area contributed by atoms with E-state index in [1.165, 1.54) is 11.6 Å². The summed E-state index contributed by atoms with van der Waals surface area (Å²) in [7, 11) is 0. The number of aromatic hydroxyl groups is 1. The summed E-state index contributed by atoms with van der Waals surface area (Å²) in [6, 6.07) is 11.5. The van der Waals surface area contributed by atoms with E-state index in [0.717, 1.165) is 16.7 Å². The predicted molar refractivity (Wildman–Crippen MR) is 91.5 cm³/mol. The third-order valence-corrected chi connectivity index (χ3v) is 3.91. The van der Waals surface area contributed by atoms with Gasteiger partial charge in [-0.3, -0.25) is 4.79 Å². The van der Waals surface area contributed by atoms with Crippen LogP contribution in [0.5, 0.6) is 5.75 Å². The highest BCUT2D eigenvalue weighted by Crippen LogP contribution is 2.23. The number of aryl methyl sites for hydroxylation is 2. The average Bonchev–Trinajstić information content (AvgIpc) is 2.49. The number of phenols is 1. The lowest BCUT2D eigenvalue weighted by Crippen LogP contribution is -1.97. The second kappa shape index (κ2) is 6.61. The maximum Gasteiger partial charge on any atom is 0.189 e. The van der Waals surface area contributed by atoms with E-state index in [0.29, 0.717) is 11.5 Å². The van der Waals surface area contributed by atoms with Crippen LogP contribution < -0.4 is 0 Å². The standard InChI is InChI=1S/C20H22O2/c1-13(2)17-8-5-16(6-9-17)7-10-19(21)18-11-14(3)15(4)12-20(18)22/h5-13,22H,1-4H3/b10-7+. The molecule has 0 amide bonds. The number of carbonyl (C=O) groups is 1. The zero-order chi connectivity index (χ0) is 16.3. The Labute approximate surface area is 132 Å². The molecule has 2 aromatic rings. The molecule has 0 aliphatic heterocycles. The molecule has 114 valence electrons. The number of phenolic OH excluding ortho intramolecular Hbond substituents is 1. The summed E-state index contributed by atoms with van der Waals surface area (Å²) in [6.07, 6.45) is 3.29. The van der Waals surface area contributed by atoms with Crippen LogP contribution in [0.3, 0.4) is 0 Å². The van der Waals surface area contributed by atoms with Gasteiger partial charge in [-0.1, -0.05) is 44.2 Å². The monoisotopic (exact) mass is 294 g/mol. The molecular formula is C20H22O2. The molecule has 2 heteroatoms. The normalized spacial score (nSPS) is 11.3. The Balaban J connectivity index is 2.19. The van der Waals surface area contributed by atoms with Crippen LogP contribution in [0.1, 0.15) is 52.4 Å². The second-order valence-electron chi connectivity index (χ2n) is 5.97. The van der Waals surface area contributed by atoms with E-state index in [4.69, 9.17) is 0 Å². The molecule has 1 N–H and O–H groups in total. The van der Waals surface area contributed by atoms with Crippen LogP contribution in [-0.2, 0) is 0 Å². The quantitative estimate of drug-likeness (QED) is 0.634. The van der Waals surface area contributed by atoms with Crippen molar-refractivity contribution in [3.8, 4) is 5.75 Å². The second-order valence-corrected chi connectivity index (χ2v) is 5.97. The van der Waals surface area contributed by atoms with Crippen molar-refractivity contribution in [2.24, 2.45) is 0 Å². The molecule has 0 unspecified atom stereocenters. The van der Waals surface area contributed by atoms with Crippen LogP contribution in [0.2, 0.25) is 0 Å². The molecule has 2 aromatic carbocycles. The summed E-state index contributed by atoms with van der Waals surface area (Å²) >= 11 is 0. The van der Waals surface area contributed by atoms with E-state index in [1.807, 2.05) is 26.0 Å². The predicted octanol–water partition coefficient (Wildman–Crippen LogP) is 5.03. The molecule has 0 bridgehead atoms. The van der Waals surface area contributed by atoms with E-state index in [1.54, 1.807) is 18.2 Å². The fourth-order valence-electron chi connectivity index (χ4n) is 2.25. The van der Waals surface area contributed by atoms with E-state index >= 15 is 0 Å². The van der Waals surface area contributed by atoms with Crippen LogP contribution >= 0.6 is 0 Å². The fourth-order valence-corrected chi connectivity index (χ4v) is 2.25. The lowest BCUT2D eigenvalue weighted by molar-refractivity contribution is 0.104. The first-order chi connectivity index (χ1) is 10.4. The van der Waals surface area contributed by atoms with Gasteiger partial charge in [0, 0.05) is 0 Å². The molecule has 0 fully saturated rings.